The van der Waals surface area contributed by atoms with E-state index in [1.807, 2.05) is 32.0 Å². The number of carbonyl (C=O) groups excluding carboxylic acids is 2. The molecule has 0 unspecified atom stereocenters. The minimum Gasteiger partial charge on any atom is -0.406 e. The summed E-state index contributed by atoms with van der Waals surface area (Å²) >= 11 is 0. The molecule has 1 aromatic heterocycles. The summed E-state index contributed by atoms with van der Waals surface area (Å²) < 4.78 is 57.0. The van der Waals surface area contributed by atoms with Crippen LogP contribution in [0.3, 0.4) is 0 Å². The van der Waals surface area contributed by atoms with Crippen molar-refractivity contribution >= 4 is 29.5 Å². The van der Waals surface area contributed by atoms with Gasteiger partial charge < -0.3 is 15.4 Å². The van der Waals surface area contributed by atoms with Crippen molar-refractivity contribution in [3.05, 3.63) is 101 Å². The Morgan fingerprint density at radius 3 is 2.38 bits per heavy atom. The number of amides is 3. The second-order valence-corrected chi connectivity index (χ2v) is 9.38. The average Bonchev–Trinajstić information content (AvgIpc) is 3.27. The second-order valence-electron chi connectivity index (χ2n) is 9.38. The molecule has 218 valence electrons. The van der Waals surface area contributed by atoms with Crippen LogP contribution in [-0.2, 0) is 0 Å². The molecule has 3 aromatic carbocycles. The van der Waals surface area contributed by atoms with Gasteiger partial charge in [-0.2, -0.15) is 10.2 Å². The number of nitrogens with zero attached hydrogens (tertiary/aromatic N) is 3. The van der Waals surface area contributed by atoms with Gasteiger partial charge in [-0.3, -0.25) is 4.79 Å². The van der Waals surface area contributed by atoms with Crippen molar-refractivity contribution in [3.8, 4) is 11.4 Å². The summed E-state index contributed by atoms with van der Waals surface area (Å²) in [6, 6.07) is 15.5. The molecule has 42 heavy (non-hydrogen) atoms. The normalized spacial score (nSPS) is 11.5. The Morgan fingerprint density at radius 1 is 1.00 bits per heavy atom. The minimum atomic E-state index is -4.84. The molecule has 0 saturated heterocycles. The molecule has 0 radical (unpaired) electrons. The van der Waals surface area contributed by atoms with Crippen LogP contribution in [0.15, 0.2) is 78.0 Å². The summed E-state index contributed by atoms with van der Waals surface area (Å²) in [5.41, 5.74) is 5.16. The molecule has 0 saturated carbocycles. The Hall–Kier alpha value is -5.20. The van der Waals surface area contributed by atoms with E-state index in [4.69, 9.17) is 0 Å². The molecule has 0 spiro atoms. The largest absolute Gasteiger partial charge is 0.573 e. The first kappa shape index (κ1) is 29.8. The number of para-hydroxylation sites is 1. The quantitative estimate of drug-likeness (QED) is 0.121. The Balaban J connectivity index is 1.38. The van der Waals surface area contributed by atoms with Crippen molar-refractivity contribution < 1.29 is 31.9 Å². The number of rotatable bonds is 8. The summed E-state index contributed by atoms with van der Waals surface area (Å²) in [5.74, 6) is -1.50. The molecule has 4 rings (SSSR count). The lowest BCUT2D eigenvalue weighted by atomic mass is 10.0. The zero-order valence-electron chi connectivity index (χ0n) is 22.7. The molecular weight excluding hydrogens is 556 g/mol. The number of benzene rings is 3. The molecule has 4 aromatic rings. The Kier molecular flexibility index (Phi) is 8.89. The van der Waals surface area contributed by atoms with Gasteiger partial charge in [0.25, 0.3) is 5.91 Å². The van der Waals surface area contributed by atoms with Gasteiger partial charge >= 0.3 is 12.4 Å². The summed E-state index contributed by atoms with van der Waals surface area (Å²) in [5, 5.41) is 13.4. The van der Waals surface area contributed by atoms with Gasteiger partial charge in [0.1, 0.15) is 17.3 Å². The fourth-order valence-corrected chi connectivity index (χ4v) is 3.93. The van der Waals surface area contributed by atoms with Crippen molar-refractivity contribution in [1.82, 2.24) is 15.2 Å². The smallest absolute Gasteiger partial charge is 0.406 e. The Morgan fingerprint density at radius 2 is 1.71 bits per heavy atom. The van der Waals surface area contributed by atoms with E-state index in [2.05, 4.69) is 31.0 Å². The molecule has 1 heterocycles. The fraction of sp³-hybridized carbons (Fsp3) is 0.172. The summed E-state index contributed by atoms with van der Waals surface area (Å²) in [6.45, 7) is 5.62. The molecule has 0 aliphatic rings. The zero-order chi connectivity index (χ0) is 30.4. The van der Waals surface area contributed by atoms with Crippen molar-refractivity contribution in [1.29, 1.82) is 0 Å². The Labute approximate surface area is 238 Å². The van der Waals surface area contributed by atoms with Crippen molar-refractivity contribution in [2.75, 3.05) is 10.6 Å². The number of hydrogen-bond acceptors (Lipinski definition) is 5. The van der Waals surface area contributed by atoms with E-state index in [1.165, 1.54) is 41.4 Å². The third kappa shape index (κ3) is 7.71. The number of hydrazone groups is 1. The molecule has 0 atom stereocenters. The lowest BCUT2D eigenvalue weighted by molar-refractivity contribution is -0.274. The Bertz CT molecular complexity index is 1610. The van der Waals surface area contributed by atoms with Crippen molar-refractivity contribution in [2.45, 2.75) is 33.1 Å². The number of urea groups is 1. The van der Waals surface area contributed by atoms with Gasteiger partial charge in [-0.1, -0.05) is 38.1 Å². The van der Waals surface area contributed by atoms with E-state index in [-0.39, 0.29) is 22.9 Å². The maximum Gasteiger partial charge on any atom is 0.573 e. The number of ether oxygens (including phenoxy) is 1. The van der Waals surface area contributed by atoms with Crippen LogP contribution in [-0.4, -0.2) is 34.3 Å². The maximum absolute atomic E-state index is 15.0. The fourth-order valence-electron chi connectivity index (χ4n) is 3.93. The van der Waals surface area contributed by atoms with Crippen LogP contribution in [0.4, 0.5) is 33.7 Å². The van der Waals surface area contributed by atoms with Crippen LogP contribution in [0.5, 0.6) is 5.75 Å². The SMILES string of the molecule is Cc1nn(-c2ccc(/C=N/NC(=O)Nc3ccccc3C(C)C)cc2F)cc1NC(=O)c1ccc(OC(F)(F)F)cc1. The van der Waals surface area contributed by atoms with E-state index in [9.17, 15) is 27.2 Å². The predicted molar refractivity (Wildman–Crippen MR) is 150 cm³/mol. The molecule has 0 aliphatic carbocycles. The summed E-state index contributed by atoms with van der Waals surface area (Å²) in [4.78, 5) is 24.8. The molecule has 0 bridgehead atoms. The van der Waals surface area contributed by atoms with Gasteiger partial charge in [0, 0.05) is 11.3 Å². The van der Waals surface area contributed by atoms with Gasteiger partial charge in [-0.25, -0.2) is 19.3 Å². The van der Waals surface area contributed by atoms with Crippen molar-refractivity contribution in [3.63, 3.8) is 0 Å². The molecule has 0 aliphatic heterocycles. The molecule has 0 fully saturated rings. The lowest BCUT2D eigenvalue weighted by Crippen LogP contribution is -2.24. The van der Waals surface area contributed by atoms with E-state index >= 15 is 0 Å². The maximum atomic E-state index is 15.0. The van der Waals surface area contributed by atoms with Crippen LogP contribution in [0.25, 0.3) is 5.69 Å². The predicted octanol–water partition coefficient (Wildman–Crippen LogP) is 6.75. The van der Waals surface area contributed by atoms with Gasteiger partial charge in [0.05, 0.1) is 23.8 Å². The first-order valence-electron chi connectivity index (χ1n) is 12.6. The van der Waals surface area contributed by atoms with Gasteiger partial charge in [0.15, 0.2) is 0 Å². The third-order valence-corrected chi connectivity index (χ3v) is 5.93. The van der Waals surface area contributed by atoms with Gasteiger partial charge in [-0.15, -0.1) is 13.2 Å². The number of alkyl halides is 3. The molecule has 3 N–H and O–H groups in total. The molecule has 9 nitrogen and oxygen atoms in total. The number of carbonyl (C=O) groups is 2. The number of aromatic nitrogens is 2. The highest BCUT2D eigenvalue weighted by molar-refractivity contribution is 6.04. The van der Waals surface area contributed by atoms with E-state index in [0.29, 0.717) is 16.9 Å². The number of aryl methyl sites for hydroxylation is 1. The van der Waals surface area contributed by atoms with Crippen LogP contribution in [0.2, 0.25) is 0 Å². The van der Waals surface area contributed by atoms with E-state index < -0.39 is 29.9 Å². The van der Waals surface area contributed by atoms with Gasteiger partial charge in [0.2, 0.25) is 0 Å². The first-order chi connectivity index (χ1) is 19.9. The minimum absolute atomic E-state index is 0.0814. The third-order valence-electron chi connectivity index (χ3n) is 5.93. The second kappa shape index (κ2) is 12.5. The standard InChI is InChI=1S/C29H26F4N6O3/c1-17(2)22-6-4-5-7-24(22)36-28(41)37-34-15-19-8-13-26(23(30)14-19)39-16-25(18(3)38-39)35-27(40)20-9-11-21(12-10-20)42-29(31,32)33/h4-17H,1-3H3,(H,35,40)(H2,36,37,41)/b34-15+. The first-order valence-corrected chi connectivity index (χ1v) is 12.6. The van der Waals surface area contributed by atoms with Crippen LogP contribution in [0, 0.1) is 12.7 Å². The highest BCUT2D eigenvalue weighted by atomic mass is 19.4. The highest BCUT2D eigenvalue weighted by Gasteiger charge is 2.31. The van der Waals surface area contributed by atoms with Crippen molar-refractivity contribution in [2.24, 2.45) is 5.10 Å². The van der Waals surface area contributed by atoms with E-state index in [0.717, 1.165) is 17.7 Å². The van der Waals surface area contributed by atoms with Crippen LogP contribution >= 0.6 is 0 Å². The van der Waals surface area contributed by atoms with Crippen LogP contribution < -0.4 is 20.8 Å². The van der Waals surface area contributed by atoms with Crippen LogP contribution in [0.1, 0.15) is 46.9 Å². The monoisotopic (exact) mass is 582 g/mol. The number of hydrogen-bond donors (Lipinski definition) is 3. The number of nitrogens with one attached hydrogen (secondary N) is 3. The highest BCUT2D eigenvalue weighted by Crippen LogP contribution is 2.25. The van der Waals surface area contributed by atoms with E-state index in [1.54, 1.807) is 19.1 Å². The summed E-state index contributed by atoms with van der Waals surface area (Å²) in [6.07, 6.45) is -2.16. The zero-order valence-corrected chi connectivity index (χ0v) is 22.7. The topological polar surface area (TPSA) is 110 Å². The number of anilines is 2. The van der Waals surface area contributed by atoms with Gasteiger partial charge in [-0.05, 0) is 66.4 Å². The average molecular weight is 583 g/mol. The lowest BCUT2D eigenvalue weighted by Gasteiger charge is -2.12. The molecule has 3 amide bonds. The molecule has 13 heteroatoms. The molecular formula is C29H26F4N6O3. The number of halogens is 4. The summed E-state index contributed by atoms with van der Waals surface area (Å²) in [7, 11) is 0.